The quantitative estimate of drug-likeness (QED) is 0.217. The van der Waals surface area contributed by atoms with E-state index in [9.17, 15) is 0 Å². The summed E-state index contributed by atoms with van der Waals surface area (Å²) in [7, 11) is -0.487. The Morgan fingerprint density at radius 3 is 1.60 bits per heavy atom. The average molecular weight is 473 g/mol. The van der Waals surface area contributed by atoms with Crippen molar-refractivity contribution >= 4 is 18.5 Å². The summed E-state index contributed by atoms with van der Waals surface area (Å²) in [6, 6.07) is 44.9. The van der Waals surface area contributed by atoms with E-state index in [4.69, 9.17) is 9.97 Å². The summed E-state index contributed by atoms with van der Waals surface area (Å²) in [6.45, 7) is 0. The fraction of sp³-hybridized carbons (Fsp3) is 0.125. The zero-order valence-electron chi connectivity index (χ0n) is 19.8. The van der Waals surface area contributed by atoms with Gasteiger partial charge in [0.25, 0.3) is 0 Å². The molecule has 0 saturated heterocycles. The average Bonchev–Trinajstić information content (AvgIpc) is 2.94. The van der Waals surface area contributed by atoms with Crippen molar-refractivity contribution in [1.82, 2.24) is 9.97 Å². The van der Waals surface area contributed by atoms with Gasteiger partial charge in [0.05, 0.1) is 5.69 Å². The van der Waals surface area contributed by atoms with Gasteiger partial charge in [-0.05, 0) is 62.1 Å². The fourth-order valence-corrected chi connectivity index (χ4v) is 6.53. The Hall–Kier alpha value is -3.61. The van der Waals surface area contributed by atoms with Gasteiger partial charge >= 0.3 is 0 Å². The van der Waals surface area contributed by atoms with Gasteiger partial charge in [-0.25, -0.2) is 0 Å². The Bertz CT molecular complexity index is 1300. The molecule has 3 heteroatoms. The van der Waals surface area contributed by atoms with E-state index >= 15 is 0 Å². The minimum Gasteiger partial charge on any atom is -0.257 e. The normalized spacial score (nSPS) is 11.0. The maximum Gasteiger partial charge on any atom is 0.0705 e. The molecule has 0 atom stereocenters. The van der Waals surface area contributed by atoms with Crippen LogP contribution in [0.1, 0.15) is 23.5 Å². The third kappa shape index (κ3) is 6.29. The van der Waals surface area contributed by atoms with Crippen molar-refractivity contribution in [3.05, 3.63) is 144 Å². The van der Waals surface area contributed by atoms with Crippen LogP contribution in [-0.2, 0) is 19.0 Å². The molecule has 2 nitrogen and oxygen atoms in total. The molecule has 0 aliphatic carbocycles. The van der Waals surface area contributed by atoms with E-state index in [1.54, 1.807) is 0 Å². The van der Waals surface area contributed by atoms with Gasteiger partial charge in [0.1, 0.15) is 0 Å². The molecule has 0 spiro atoms. The van der Waals surface area contributed by atoms with Gasteiger partial charge in [-0.2, -0.15) is 0 Å². The van der Waals surface area contributed by atoms with Crippen LogP contribution in [0.15, 0.2) is 127 Å². The van der Waals surface area contributed by atoms with E-state index < -0.39 is 7.92 Å². The van der Waals surface area contributed by atoms with Gasteiger partial charge < -0.3 is 0 Å². The molecule has 0 N–H and O–H groups in total. The smallest absolute Gasteiger partial charge is 0.0705 e. The maximum absolute atomic E-state index is 5.06. The van der Waals surface area contributed by atoms with Crippen molar-refractivity contribution in [1.29, 1.82) is 0 Å². The van der Waals surface area contributed by atoms with Gasteiger partial charge in [-0.3, -0.25) is 9.97 Å². The molecule has 5 rings (SSSR count). The number of aryl methyl sites for hydroxylation is 2. The summed E-state index contributed by atoms with van der Waals surface area (Å²) in [5.74, 6) is 0. The molecule has 2 heterocycles. The highest BCUT2D eigenvalue weighted by atomic mass is 31.1. The second kappa shape index (κ2) is 11.7. The molecule has 0 bridgehead atoms. The number of nitrogens with zero attached hydrogens (tertiary/aromatic N) is 2. The van der Waals surface area contributed by atoms with Crippen LogP contribution in [0.25, 0.3) is 11.3 Å². The summed E-state index contributed by atoms with van der Waals surface area (Å²) in [5, 5.41) is 2.79. The maximum atomic E-state index is 5.06. The van der Waals surface area contributed by atoms with Crippen molar-refractivity contribution in [3.8, 4) is 11.3 Å². The second-order valence-corrected chi connectivity index (χ2v) is 10.8. The lowest BCUT2D eigenvalue weighted by Crippen LogP contribution is -2.13. The van der Waals surface area contributed by atoms with Crippen LogP contribution in [0.4, 0.5) is 0 Å². The van der Waals surface area contributed by atoms with Crippen molar-refractivity contribution in [2.24, 2.45) is 0 Å². The number of aromatic nitrogens is 2. The molecule has 3 aromatic carbocycles. The van der Waals surface area contributed by atoms with Gasteiger partial charge in [0, 0.05) is 28.8 Å². The van der Waals surface area contributed by atoms with Crippen LogP contribution < -0.4 is 10.6 Å². The van der Waals surface area contributed by atoms with Crippen LogP contribution >= 0.6 is 7.92 Å². The molecule has 0 unspecified atom stereocenters. The predicted molar refractivity (Wildman–Crippen MR) is 149 cm³/mol. The lowest BCUT2D eigenvalue weighted by atomic mass is 10.1. The first-order valence-corrected chi connectivity index (χ1v) is 13.7. The third-order valence-electron chi connectivity index (χ3n) is 6.06. The van der Waals surface area contributed by atoms with E-state index in [2.05, 4.69) is 121 Å². The molecule has 172 valence electrons. The Morgan fingerprint density at radius 1 is 0.457 bits per heavy atom. The summed E-state index contributed by atoms with van der Waals surface area (Å²) in [5.41, 5.74) is 5.68. The standard InChI is InChI=1S/C32H29N2P/c1-4-13-26(14-5-1)32-24-12-18-28(34-32)17-10-15-27-16-11-19-29(33-27)25-35(30-20-6-2-7-21-30)31-22-8-3-9-23-31/h1-9,11-14,16,18-24H,10,15,17,25H2. The molecular weight excluding hydrogens is 443 g/mol. The predicted octanol–water partition coefficient (Wildman–Crippen LogP) is 6.95. The van der Waals surface area contributed by atoms with E-state index in [0.717, 1.165) is 48.1 Å². The molecule has 0 fully saturated rings. The van der Waals surface area contributed by atoms with Crippen molar-refractivity contribution in [2.45, 2.75) is 25.4 Å². The molecule has 0 radical (unpaired) electrons. The first kappa shape index (κ1) is 23.1. The van der Waals surface area contributed by atoms with E-state index in [0.29, 0.717) is 0 Å². The third-order valence-corrected chi connectivity index (χ3v) is 8.55. The first-order valence-electron chi connectivity index (χ1n) is 12.2. The Kier molecular flexibility index (Phi) is 7.73. The van der Waals surface area contributed by atoms with Gasteiger partial charge in [0.15, 0.2) is 0 Å². The van der Waals surface area contributed by atoms with E-state index in [1.807, 2.05) is 6.07 Å². The van der Waals surface area contributed by atoms with Crippen molar-refractivity contribution in [2.75, 3.05) is 0 Å². The van der Waals surface area contributed by atoms with Crippen LogP contribution in [0.5, 0.6) is 0 Å². The minimum absolute atomic E-state index is 0.487. The molecular formula is C32H29N2P. The van der Waals surface area contributed by atoms with Gasteiger partial charge in [-0.1, -0.05) is 103 Å². The van der Waals surface area contributed by atoms with Crippen molar-refractivity contribution < 1.29 is 0 Å². The summed E-state index contributed by atoms with van der Waals surface area (Å²) < 4.78 is 0. The lowest BCUT2D eigenvalue weighted by molar-refractivity contribution is 0.778. The molecule has 5 aromatic rings. The highest BCUT2D eigenvalue weighted by Crippen LogP contribution is 2.37. The summed E-state index contributed by atoms with van der Waals surface area (Å²) >= 11 is 0. The molecule has 0 amide bonds. The van der Waals surface area contributed by atoms with E-state index in [-0.39, 0.29) is 0 Å². The molecule has 35 heavy (non-hydrogen) atoms. The summed E-state index contributed by atoms with van der Waals surface area (Å²) in [6.07, 6.45) is 3.90. The molecule has 2 aromatic heterocycles. The van der Waals surface area contributed by atoms with Gasteiger partial charge in [-0.15, -0.1) is 0 Å². The first-order chi connectivity index (χ1) is 17.3. The number of pyridine rings is 2. The van der Waals surface area contributed by atoms with E-state index in [1.165, 1.54) is 16.3 Å². The minimum atomic E-state index is -0.487. The van der Waals surface area contributed by atoms with Crippen molar-refractivity contribution in [3.63, 3.8) is 0 Å². The zero-order valence-corrected chi connectivity index (χ0v) is 20.7. The number of hydrogen-bond donors (Lipinski definition) is 0. The van der Waals surface area contributed by atoms with Gasteiger partial charge in [0.2, 0.25) is 0 Å². The lowest BCUT2D eigenvalue weighted by Gasteiger charge is -2.18. The second-order valence-electron chi connectivity index (χ2n) is 8.61. The molecule has 0 aliphatic rings. The monoisotopic (exact) mass is 472 g/mol. The van der Waals surface area contributed by atoms with Crippen LogP contribution in [-0.4, -0.2) is 9.97 Å². The Balaban J connectivity index is 1.25. The highest BCUT2D eigenvalue weighted by Gasteiger charge is 2.15. The molecule has 0 aliphatic heterocycles. The van der Waals surface area contributed by atoms with Crippen LogP contribution in [0, 0.1) is 0 Å². The topological polar surface area (TPSA) is 25.8 Å². The Morgan fingerprint density at radius 2 is 0.971 bits per heavy atom. The molecule has 0 saturated carbocycles. The fourth-order valence-electron chi connectivity index (χ4n) is 4.31. The highest BCUT2D eigenvalue weighted by molar-refractivity contribution is 7.72. The summed E-state index contributed by atoms with van der Waals surface area (Å²) in [4.78, 5) is 9.94. The number of rotatable bonds is 9. The largest absolute Gasteiger partial charge is 0.257 e. The SMILES string of the molecule is c1ccc(-c2cccc(CCCc3cccc(CP(c4ccccc4)c4ccccc4)n3)n2)cc1. The Labute approximate surface area is 209 Å². The number of hydrogen-bond acceptors (Lipinski definition) is 2. The van der Waals surface area contributed by atoms with Crippen LogP contribution in [0.3, 0.4) is 0 Å². The van der Waals surface area contributed by atoms with Crippen LogP contribution in [0.2, 0.25) is 0 Å². The number of benzene rings is 3. The zero-order chi connectivity index (χ0) is 23.7.